The van der Waals surface area contributed by atoms with Crippen LogP contribution in [0.4, 0.5) is 5.82 Å². The largest absolute Gasteiger partial charge is 0.369 e. The van der Waals surface area contributed by atoms with Gasteiger partial charge in [0.05, 0.1) is 0 Å². The molecular formula is C12H14BrN3O2S2. The minimum atomic E-state index is -3.40. The van der Waals surface area contributed by atoms with Gasteiger partial charge in [-0.25, -0.2) is 18.1 Å². The molecule has 0 saturated carbocycles. The number of aryl methyl sites for hydroxylation is 1. The molecule has 0 unspecified atom stereocenters. The highest BCUT2D eigenvalue weighted by atomic mass is 79.9. The smallest absolute Gasteiger partial charge is 0.250 e. The molecule has 0 saturated heterocycles. The molecule has 0 spiro atoms. The number of nitrogens with one attached hydrogen (secondary N) is 2. The molecule has 2 rings (SSSR count). The summed E-state index contributed by atoms with van der Waals surface area (Å²) in [6.45, 7) is 2.65. The Morgan fingerprint density at radius 1 is 1.25 bits per heavy atom. The fraction of sp³-hybridized carbons (Fsp3) is 0.250. The van der Waals surface area contributed by atoms with E-state index in [0.717, 1.165) is 9.35 Å². The van der Waals surface area contributed by atoms with Crippen LogP contribution in [0.15, 0.2) is 39.1 Å². The van der Waals surface area contributed by atoms with Gasteiger partial charge in [-0.3, -0.25) is 0 Å². The molecule has 2 aromatic heterocycles. The molecule has 0 aromatic carbocycles. The Balaban J connectivity index is 1.82. The zero-order valence-electron chi connectivity index (χ0n) is 10.8. The van der Waals surface area contributed by atoms with Crippen molar-refractivity contribution < 1.29 is 8.42 Å². The van der Waals surface area contributed by atoms with Crippen molar-refractivity contribution in [3.8, 4) is 0 Å². The molecule has 5 nitrogen and oxygen atoms in total. The molecule has 2 aromatic rings. The van der Waals surface area contributed by atoms with E-state index >= 15 is 0 Å². The van der Waals surface area contributed by atoms with Gasteiger partial charge < -0.3 is 5.32 Å². The van der Waals surface area contributed by atoms with Gasteiger partial charge in [0.2, 0.25) is 10.0 Å². The molecule has 0 fully saturated rings. The third-order valence-electron chi connectivity index (χ3n) is 2.43. The minimum absolute atomic E-state index is 0.303. The number of hydrogen-bond acceptors (Lipinski definition) is 5. The topological polar surface area (TPSA) is 71.1 Å². The third kappa shape index (κ3) is 4.27. The Morgan fingerprint density at radius 2 is 2.05 bits per heavy atom. The van der Waals surface area contributed by atoms with Gasteiger partial charge in [-0.15, -0.1) is 11.3 Å². The van der Waals surface area contributed by atoms with Crippen LogP contribution in [0.5, 0.6) is 0 Å². The van der Waals surface area contributed by atoms with Gasteiger partial charge in [-0.1, -0.05) is 0 Å². The summed E-state index contributed by atoms with van der Waals surface area (Å²) in [6.07, 6.45) is 1.68. The van der Waals surface area contributed by atoms with E-state index < -0.39 is 10.0 Å². The molecular weight excluding hydrogens is 362 g/mol. The van der Waals surface area contributed by atoms with Gasteiger partial charge in [-0.2, -0.15) is 0 Å². The Kier molecular flexibility index (Phi) is 5.14. The molecule has 0 aliphatic heterocycles. The van der Waals surface area contributed by atoms with Gasteiger partial charge in [0.25, 0.3) is 0 Å². The molecule has 0 aliphatic rings. The number of anilines is 1. The van der Waals surface area contributed by atoms with Gasteiger partial charge in [0.15, 0.2) is 0 Å². The van der Waals surface area contributed by atoms with Crippen LogP contribution in [0, 0.1) is 6.92 Å². The first kappa shape index (κ1) is 15.4. The summed E-state index contributed by atoms with van der Waals surface area (Å²) in [5.41, 5.74) is 0. The van der Waals surface area contributed by atoms with Gasteiger partial charge in [0, 0.05) is 28.6 Å². The number of rotatable bonds is 6. The summed E-state index contributed by atoms with van der Waals surface area (Å²) in [4.78, 5) is 5.12. The van der Waals surface area contributed by atoms with Crippen molar-refractivity contribution in [2.45, 2.75) is 11.1 Å². The van der Waals surface area contributed by atoms with Crippen molar-refractivity contribution in [2.75, 3.05) is 18.4 Å². The zero-order chi connectivity index (χ0) is 14.6. The second-order valence-corrected chi connectivity index (χ2v) is 8.25. The maximum atomic E-state index is 12.0. The zero-order valence-corrected chi connectivity index (χ0v) is 14.0. The first-order chi connectivity index (χ1) is 9.47. The standard InChI is InChI=1S/C12H14BrN3O2S2/c1-9-2-5-12(19-9)20(17,18)16-7-6-14-11-4-3-10(13)8-15-11/h2-5,8,16H,6-7H2,1H3,(H,14,15). The van der Waals surface area contributed by atoms with E-state index in [1.54, 1.807) is 18.3 Å². The second kappa shape index (κ2) is 6.66. The van der Waals surface area contributed by atoms with Crippen LogP contribution in [0.2, 0.25) is 0 Å². The van der Waals surface area contributed by atoms with Crippen molar-refractivity contribution in [3.63, 3.8) is 0 Å². The molecule has 0 bridgehead atoms. The van der Waals surface area contributed by atoms with E-state index in [9.17, 15) is 8.42 Å². The highest BCUT2D eigenvalue weighted by Gasteiger charge is 2.14. The van der Waals surface area contributed by atoms with Crippen LogP contribution < -0.4 is 10.0 Å². The number of thiophene rings is 1. The maximum absolute atomic E-state index is 12.0. The van der Waals surface area contributed by atoms with Gasteiger partial charge >= 0.3 is 0 Å². The van der Waals surface area contributed by atoms with Gasteiger partial charge in [-0.05, 0) is 47.1 Å². The molecule has 8 heteroatoms. The fourth-order valence-electron chi connectivity index (χ4n) is 1.48. The van der Waals surface area contributed by atoms with Crippen molar-refractivity contribution >= 4 is 43.1 Å². The molecule has 2 N–H and O–H groups in total. The van der Waals surface area contributed by atoms with E-state index in [4.69, 9.17) is 0 Å². The van der Waals surface area contributed by atoms with Crippen LogP contribution in [0.1, 0.15) is 4.88 Å². The Hall–Kier alpha value is -0.960. The lowest BCUT2D eigenvalue weighted by Crippen LogP contribution is -2.28. The monoisotopic (exact) mass is 375 g/mol. The van der Waals surface area contributed by atoms with E-state index in [0.29, 0.717) is 23.1 Å². The first-order valence-corrected chi connectivity index (χ1v) is 8.98. The van der Waals surface area contributed by atoms with Crippen LogP contribution in [0.3, 0.4) is 0 Å². The molecule has 2 heterocycles. The lowest BCUT2D eigenvalue weighted by molar-refractivity contribution is 0.585. The molecule has 0 amide bonds. The van der Waals surface area contributed by atoms with E-state index in [-0.39, 0.29) is 0 Å². The summed E-state index contributed by atoms with van der Waals surface area (Å²) in [5.74, 6) is 0.708. The molecule has 0 radical (unpaired) electrons. The van der Waals surface area contributed by atoms with Gasteiger partial charge in [0.1, 0.15) is 10.0 Å². The van der Waals surface area contributed by atoms with Crippen molar-refractivity contribution in [2.24, 2.45) is 0 Å². The molecule has 20 heavy (non-hydrogen) atoms. The third-order valence-corrected chi connectivity index (χ3v) is 5.85. The predicted octanol–water partition coefficient (Wildman–Crippen LogP) is 2.60. The quantitative estimate of drug-likeness (QED) is 0.761. The van der Waals surface area contributed by atoms with E-state index in [1.165, 1.54) is 11.3 Å². The lowest BCUT2D eigenvalue weighted by atomic mass is 10.4. The fourth-order valence-corrected chi connectivity index (χ4v) is 4.08. The Morgan fingerprint density at radius 3 is 2.65 bits per heavy atom. The highest BCUT2D eigenvalue weighted by molar-refractivity contribution is 9.10. The summed E-state index contributed by atoms with van der Waals surface area (Å²) in [6, 6.07) is 7.10. The van der Waals surface area contributed by atoms with Crippen LogP contribution >= 0.6 is 27.3 Å². The second-order valence-electron chi connectivity index (χ2n) is 4.05. The summed E-state index contributed by atoms with van der Waals surface area (Å²) in [5, 5.41) is 3.05. The van der Waals surface area contributed by atoms with Crippen LogP contribution in [0.25, 0.3) is 0 Å². The first-order valence-electron chi connectivity index (χ1n) is 5.89. The van der Waals surface area contributed by atoms with Crippen LogP contribution in [-0.2, 0) is 10.0 Å². The maximum Gasteiger partial charge on any atom is 0.250 e. The molecule has 108 valence electrons. The number of halogens is 1. The highest BCUT2D eigenvalue weighted by Crippen LogP contribution is 2.20. The van der Waals surface area contributed by atoms with Crippen LogP contribution in [-0.4, -0.2) is 26.5 Å². The van der Waals surface area contributed by atoms with Crippen molar-refractivity contribution in [1.29, 1.82) is 0 Å². The molecule has 0 aliphatic carbocycles. The number of nitrogens with zero attached hydrogens (tertiary/aromatic N) is 1. The summed E-state index contributed by atoms with van der Waals surface area (Å²) < 4.78 is 27.7. The average Bonchev–Trinajstić information content (AvgIpc) is 2.84. The minimum Gasteiger partial charge on any atom is -0.369 e. The summed E-state index contributed by atoms with van der Waals surface area (Å²) in [7, 11) is -3.40. The van der Waals surface area contributed by atoms with Crippen molar-refractivity contribution in [3.05, 3.63) is 39.8 Å². The van der Waals surface area contributed by atoms with E-state index in [2.05, 4.69) is 31.0 Å². The number of aromatic nitrogens is 1. The SMILES string of the molecule is Cc1ccc(S(=O)(=O)NCCNc2ccc(Br)cn2)s1. The van der Waals surface area contributed by atoms with E-state index in [1.807, 2.05) is 19.1 Å². The lowest BCUT2D eigenvalue weighted by Gasteiger charge is -2.07. The number of sulfonamides is 1. The molecule has 0 atom stereocenters. The predicted molar refractivity (Wildman–Crippen MR) is 84.7 cm³/mol. The Labute approximate surface area is 130 Å². The average molecular weight is 376 g/mol. The number of pyridine rings is 1. The number of hydrogen-bond donors (Lipinski definition) is 2. The summed E-state index contributed by atoms with van der Waals surface area (Å²) >= 11 is 4.56. The Bertz CT molecular complexity index is 668. The van der Waals surface area contributed by atoms with Crippen molar-refractivity contribution in [1.82, 2.24) is 9.71 Å². The normalized spacial score (nSPS) is 11.5.